The fourth-order valence-corrected chi connectivity index (χ4v) is 2.69. The second-order valence-electron chi connectivity index (χ2n) is 4.45. The lowest BCUT2D eigenvalue weighted by atomic mass is 10.1. The molecular weight excluding hydrogens is 256 g/mol. The van der Waals surface area contributed by atoms with Crippen LogP contribution < -0.4 is 10.1 Å². The van der Waals surface area contributed by atoms with Gasteiger partial charge in [0.2, 0.25) is 0 Å². The van der Waals surface area contributed by atoms with Crippen LogP contribution in [0.1, 0.15) is 35.3 Å². The van der Waals surface area contributed by atoms with Crippen LogP contribution in [0.5, 0.6) is 5.75 Å². The van der Waals surface area contributed by atoms with Gasteiger partial charge in [-0.15, -0.1) is 11.3 Å². The monoisotopic (exact) mass is 276 g/mol. The molecule has 0 aliphatic heterocycles. The first kappa shape index (κ1) is 14.0. The molecule has 3 nitrogen and oxygen atoms in total. The number of nitrogens with zero attached hydrogens (tertiary/aromatic N) is 1. The van der Waals surface area contributed by atoms with Gasteiger partial charge in [0.15, 0.2) is 0 Å². The van der Waals surface area contributed by atoms with Crippen molar-refractivity contribution in [2.45, 2.75) is 32.9 Å². The van der Waals surface area contributed by atoms with Crippen molar-refractivity contribution in [3.05, 3.63) is 45.9 Å². The summed E-state index contributed by atoms with van der Waals surface area (Å²) in [6.07, 6.45) is 2.98. The third-order valence-corrected chi connectivity index (χ3v) is 4.22. The Morgan fingerprint density at radius 2 is 2.26 bits per heavy atom. The second kappa shape index (κ2) is 6.68. The molecular formula is C15H20N2OS. The Balaban J connectivity index is 1.94. The van der Waals surface area contributed by atoms with Crippen LogP contribution in [0.3, 0.4) is 0 Å². The highest BCUT2D eigenvalue weighted by molar-refractivity contribution is 7.11. The molecule has 0 aliphatic rings. The molecule has 4 heteroatoms. The number of rotatable bonds is 6. The summed E-state index contributed by atoms with van der Waals surface area (Å²) in [5.74, 6) is 0.900. The number of aryl methyl sites for hydroxylation is 1. The van der Waals surface area contributed by atoms with E-state index in [1.54, 1.807) is 18.4 Å². The number of benzene rings is 1. The summed E-state index contributed by atoms with van der Waals surface area (Å²) in [4.78, 5) is 5.66. The van der Waals surface area contributed by atoms with E-state index in [2.05, 4.69) is 36.3 Å². The quantitative estimate of drug-likeness (QED) is 0.876. The molecule has 0 fully saturated rings. The summed E-state index contributed by atoms with van der Waals surface area (Å²) in [5, 5.41) is 4.72. The molecule has 0 saturated carbocycles. The van der Waals surface area contributed by atoms with Crippen LogP contribution in [-0.4, -0.2) is 12.1 Å². The Kier molecular flexibility index (Phi) is 4.93. The van der Waals surface area contributed by atoms with Crippen LogP contribution >= 0.6 is 11.3 Å². The van der Waals surface area contributed by atoms with Crippen molar-refractivity contribution in [2.24, 2.45) is 0 Å². The van der Waals surface area contributed by atoms with E-state index in [1.807, 2.05) is 18.3 Å². The van der Waals surface area contributed by atoms with Crippen LogP contribution in [-0.2, 0) is 13.0 Å². The number of ether oxygens (including phenoxy) is 1. The van der Waals surface area contributed by atoms with Gasteiger partial charge in [-0.3, -0.25) is 0 Å². The molecule has 19 heavy (non-hydrogen) atoms. The third kappa shape index (κ3) is 3.78. The molecule has 1 atom stereocenters. The first-order valence-electron chi connectivity index (χ1n) is 6.53. The highest BCUT2D eigenvalue weighted by atomic mass is 32.1. The Morgan fingerprint density at radius 1 is 1.42 bits per heavy atom. The number of thiazole rings is 1. The largest absolute Gasteiger partial charge is 0.497 e. The molecule has 1 heterocycles. The van der Waals surface area contributed by atoms with Crippen LogP contribution in [0.2, 0.25) is 0 Å². The minimum atomic E-state index is 0.294. The SMILES string of the molecule is CCc1ncc(CN[C@H](C)c2cccc(OC)c2)s1. The van der Waals surface area contributed by atoms with Crippen LogP contribution in [0.15, 0.2) is 30.5 Å². The van der Waals surface area contributed by atoms with Gasteiger partial charge in [0.25, 0.3) is 0 Å². The van der Waals surface area contributed by atoms with Crippen molar-refractivity contribution in [2.75, 3.05) is 7.11 Å². The summed E-state index contributed by atoms with van der Waals surface area (Å²) < 4.78 is 5.25. The van der Waals surface area contributed by atoms with E-state index in [1.165, 1.54) is 15.4 Å². The van der Waals surface area contributed by atoms with E-state index >= 15 is 0 Å². The fourth-order valence-electron chi connectivity index (χ4n) is 1.88. The van der Waals surface area contributed by atoms with E-state index in [4.69, 9.17) is 4.74 Å². The Labute approximate surface area is 118 Å². The second-order valence-corrected chi connectivity index (χ2v) is 5.65. The molecule has 0 bridgehead atoms. The van der Waals surface area contributed by atoms with E-state index in [0.717, 1.165) is 18.7 Å². The summed E-state index contributed by atoms with van der Waals surface area (Å²) >= 11 is 1.78. The molecule has 1 aromatic carbocycles. The van der Waals surface area contributed by atoms with Gasteiger partial charge in [-0.25, -0.2) is 4.98 Å². The van der Waals surface area contributed by atoms with Crippen LogP contribution in [0.25, 0.3) is 0 Å². The zero-order valence-corrected chi connectivity index (χ0v) is 12.5. The molecule has 0 aliphatic carbocycles. The fraction of sp³-hybridized carbons (Fsp3) is 0.400. The maximum absolute atomic E-state index is 5.25. The first-order valence-corrected chi connectivity index (χ1v) is 7.35. The molecule has 0 saturated heterocycles. The van der Waals surface area contributed by atoms with Gasteiger partial charge >= 0.3 is 0 Å². The average Bonchev–Trinajstić information content (AvgIpc) is 2.93. The molecule has 0 spiro atoms. The summed E-state index contributed by atoms with van der Waals surface area (Å²) in [7, 11) is 1.70. The predicted molar refractivity (Wildman–Crippen MR) is 79.7 cm³/mol. The topological polar surface area (TPSA) is 34.2 Å². The van der Waals surface area contributed by atoms with Crippen molar-refractivity contribution in [1.82, 2.24) is 10.3 Å². The number of hydrogen-bond acceptors (Lipinski definition) is 4. The van der Waals surface area contributed by atoms with E-state index in [9.17, 15) is 0 Å². The highest BCUT2D eigenvalue weighted by Gasteiger charge is 2.07. The average molecular weight is 276 g/mol. The standard InChI is InChI=1S/C15H20N2OS/c1-4-15-17-10-14(19-15)9-16-11(2)12-6-5-7-13(8-12)18-3/h5-8,10-11,16H,4,9H2,1-3H3/t11-/m1/s1. The number of hydrogen-bond donors (Lipinski definition) is 1. The van der Waals surface area contributed by atoms with Gasteiger partial charge in [-0.05, 0) is 31.0 Å². The van der Waals surface area contributed by atoms with Crippen LogP contribution in [0.4, 0.5) is 0 Å². The number of methoxy groups -OCH3 is 1. The smallest absolute Gasteiger partial charge is 0.119 e. The van der Waals surface area contributed by atoms with E-state index < -0.39 is 0 Å². The lowest BCUT2D eigenvalue weighted by Gasteiger charge is -2.14. The van der Waals surface area contributed by atoms with Gasteiger partial charge in [-0.2, -0.15) is 0 Å². The number of nitrogens with one attached hydrogen (secondary N) is 1. The third-order valence-electron chi connectivity index (χ3n) is 3.08. The Bertz CT molecular complexity index is 524. The molecule has 1 aromatic heterocycles. The molecule has 102 valence electrons. The molecule has 0 radical (unpaired) electrons. The highest BCUT2D eigenvalue weighted by Crippen LogP contribution is 2.20. The van der Waals surface area contributed by atoms with Crippen LogP contribution in [0, 0.1) is 0 Å². The molecule has 0 unspecified atom stereocenters. The molecule has 2 rings (SSSR count). The number of aromatic nitrogens is 1. The maximum atomic E-state index is 5.25. The maximum Gasteiger partial charge on any atom is 0.119 e. The van der Waals surface area contributed by atoms with Crippen molar-refractivity contribution in [3.8, 4) is 5.75 Å². The van der Waals surface area contributed by atoms with Crippen molar-refractivity contribution < 1.29 is 4.74 Å². The predicted octanol–water partition coefficient (Wildman–Crippen LogP) is 3.56. The normalized spacial score (nSPS) is 12.4. The summed E-state index contributed by atoms with van der Waals surface area (Å²) in [6.45, 7) is 5.15. The Hall–Kier alpha value is -1.39. The van der Waals surface area contributed by atoms with Crippen molar-refractivity contribution >= 4 is 11.3 Å². The van der Waals surface area contributed by atoms with Gasteiger partial charge in [0, 0.05) is 23.7 Å². The zero-order chi connectivity index (χ0) is 13.7. The van der Waals surface area contributed by atoms with E-state index in [0.29, 0.717) is 6.04 Å². The summed E-state index contributed by atoms with van der Waals surface area (Å²) in [5.41, 5.74) is 1.24. The minimum absolute atomic E-state index is 0.294. The molecule has 0 amide bonds. The van der Waals surface area contributed by atoms with Gasteiger partial charge in [-0.1, -0.05) is 19.1 Å². The van der Waals surface area contributed by atoms with Crippen molar-refractivity contribution in [3.63, 3.8) is 0 Å². The van der Waals surface area contributed by atoms with E-state index in [-0.39, 0.29) is 0 Å². The molecule has 2 aromatic rings. The summed E-state index contributed by atoms with van der Waals surface area (Å²) in [6, 6.07) is 8.47. The Morgan fingerprint density at radius 3 is 2.95 bits per heavy atom. The lowest BCUT2D eigenvalue weighted by Crippen LogP contribution is -2.17. The van der Waals surface area contributed by atoms with Gasteiger partial charge in [0.1, 0.15) is 5.75 Å². The molecule has 1 N–H and O–H groups in total. The lowest BCUT2D eigenvalue weighted by molar-refractivity contribution is 0.413. The first-order chi connectivity index (χ1) is 9.22. The van der Waals surface area contributed by atoms with Crippen molar-refractivity contribution in [1.29, 1.82) is 0 Å². The zero-order valence-electron chi connectivity index (χ0n) is 11.6. The minimum Gasteiger partial charge on any atom is -0.497 e. The van der Waals surface area contributed by atoms with Gasteiger partial charge in [0.05, 0.1) is 12.1 Å². The van der Waals surface area contributed by atoms with Gasteiger partial charge < -0.3 is 10.1 Å².